The van der Waals surface area contributed by atoms with Gasteiger partial charge in [0.05, 0.1) is 6.42 Å². The lowest BCUT2D eigenvalue weighted by molar-refractivity contribution is -0.138. The van der Waals surface area contributed by atoms with E-state index in [4.69, 9.17) is 5.11 Å². The molecule has 1 unspecified atom stereocenters. The van der Waals surface area contributed by atoms with E-state index in [0.29, 0.717) is 6.54 Å². The molecule has 0 saturated carbocycles. The van der Waals surface area contributed by atoms with Crippen LogP contribution in [-0.2, 0) is 4.79 Å². The van der Waals surface area contributed by atoms with E-state index in [1.165, 1.54) is 0 Å². The molecule has 2 aliphatic rings. The van der Waals surface area contributed by atoms with E-state index < -0.39 is 5.97 Å². The maximum atomic E-state index is 12.6. The highest BCUT2D eigenvalue weighted by atomic mass is 16.4. The van der Waals surface area contributed by atoms with Gasteiger partial charge in [-0.15, -0.1) is 0 Å². The first-order chi connectivity index (χ1) is 9.51. The first-order valence-electron chi connectivity index (χ1n) is 7.78. The van der Waals surface area contributed by atoms with E-state index >= 15 is 0 Å². The zero-order valence-electron chi connectivity index (χ0n) is 12.6. The number of likely N-dealkylation sites (tertiary alicyclic amines) is 2. The van der Waals surface area contributed by atoms with Crippen molar-refractivity contribution in [3.05, 3.63) is 0 Å². The Morgan fingerprint density at radius 3 is 2.50 bits per heavy atom. The summed E-state index contributed by atoms with van der Waals surface area (Å²) in [7, 11) is 0. The number of hydrogen-bond acceptors (Lipinski definition) is 2. The Labute approximate surface area is 120 Å². The Kier molecular flexibility index (Phi) is 4.55. The van der Waals surface area contributed by atoms with Crippen molar-refractivity contribution in [2.75, 3.05) is 19.6 Å². The fraction of sp³-hybridized carbons (Fsp3) is 0.867. The van der Waals surface area contributed by atoms with Gasteiger partial charge in [0.2, 0.25) is 0 Å². The molecule has 0 spiro atoms. The largest absolute Gasteiger partial charge is 0.481 e. The van der Waals surface area contributed by atoms with Crippen LogP contribution < -0.4 is 0 Å². The topological polar surface area (TPSA) is 60.9 Å². The van der Waals surface area contributed by atoms with E-state index in [1.807, 2.05) is 4.90 Å². The number of aliphatic carboxylic acids is 1. The zero-order valence-corrected chi connectivity index (χ0v) is 12.6. The van der Waals surface area contributed by atoms with Gasteiger partial charge in [0.25, 0.3) is 0 Å². The highest BCUT2D eigenvalue weighted by molar-refractivity contribution is 5.77. The van der Waals surface area contributed by atoms with Crippen molar-refractivity contribution >= 4 is 12.0 Å². The molecule has 2 amide bonds. The molecule has 2 heterocycles. The quantitative estimate of drug-likeness (QED) is 0.862. The predicted molar refractivity (Wildman–Crippen MR) is 76.6 cm³/mol. The van der Waals surface area contributed by atoms with Crippen LogP contribution in [0.15, 0.2) is 0 Å². The third-order valence-electron chi connectivity index (χ3n) is 5.24. The van der Waals surface area contributed by atoms with E-state index in [9.17, 15) is 9.59 Å². The van der Waals surface area contributed by atoms with Gasteiger partial charge in [-0.05, 0) is 37.5 Å². The van der Waals surface area contributed by atoms with Crippen LogP contribution in [0.2, 0.25) is 0 Å². The number of carbonyl (C=O) groups is 2. The van der Waals surface area contributed by atoms with Crippen molar-refractivity contribution in [1.82, 2.24) is 9.80 Å². The molecule has 0 radical (unpaired) electrons. The number of carbonyl (C=O) groups excluding carboxylic acids is 1. The average Bonchev–Trinajstić information content (AvgIpc) is 3.04. The minimum atomic E-state index is -0.812. The normalized spacial score (nSPS) is 25.2. The van der Waals surface area contributed by atoms with Crippen molar-refractivity contribution in [2.24, 2.45) is 5.41 Å². The van der Waals surface area contributed by atoms with Crippen LogP contribution in [0.5, 0.6) is 0 Å². The van der Waals surface area contributed by atoms with Crippen molar-refractivity contribution in [2.45, 2.75) is 58.4 Å². The van der Waals surface area contributed by atoms with Gasteiger partial charge < -0.3 is 14.9 Å². The monoisotopic (exact) mass is 282 g/mol. The van der Waals surface area contributed by atoms with Gasteiger partial charge in [0.1, 0.15) is 0 Å². The molecule has 1 atom stereocenters. The van der Waals surface area contributed by atoms with Gasteiger partial charge in [0.15, 0.2) is 0 Å². The van der Waals surface area contributed by atoms with E-state index in [0.717, 1.165) is 45.2 Å². The molecule has 0 aromatic carbocycles. The van der Waals surface area contributed by atoms with Crippen molar-refractivity contribution < 1.29 is 14.7 Å². The third kappa shape index (κ3) is 2.91. The summed E-state index contributed by atoms with van der Waals surface area (Å²) < 4.78 is 0. The fourth-order valence-electron chi connectivity index (χ4n) is 3.61. The zero-order chi connectivity index (χ0) is 14.8. The van der Waals surface area contributed by atoms with Crippen LogP contribution in [0.25, 0.3) is 0 Å². The van der Waals surface area contributed by atoms with Gasteiger partial charge in [-0.25, -0.2) is 4.79 Å². The maximum Gasteiger partial charge on any atom is 0.320 e. The number of amides is 2. The molecule has 0 aromatic rings. The second-order valence-electron chi connectivity index (χ2n) is 6.25. The lowest BCUT2D eigenvalue weighted by Gasteiger charge is -2.31. The maximum absolute atomic E-state index is 12.6. The smallest absolute Gasteiger partial charge is 0.320 e. The molecule has 0 aliphatic carbocycles. The van der Waals surface area contributed by atoms with Crippen LogP contribution in [-0.4, -0.2) is 52.6 Å². The Bertz CT molecular complexity index is 379. The van der Waals surface area contributed by atoms with E-state index in [1.54, 1.807) is 4.90 Å². The molecule has 2 aliphatic heterocycles. The number of hydrogen-bond donors (Lipinski definition) is 1. The molecule has 2 rings (SSSR count). The van der Waals surface area contributed by atoms with Crippen molar-refractivity contribution in [1.29, 1.82) is 0 Å². The molecule has 1 N–H and O–H groups in total. The number of nitrogens with zero attached hydrogens (tertiary/aromatic N) is 2. The first kappa shape index (κ1) is 15.1. The van der Waals surface area contributed by atoms with Crippen LogP contribution >= 0.6 is 0 Å². The van der Waals surface area contributed by atoms with Crippen molar-refractivity contribution in [3.8, 4) is 0 Å². The van der Waals surface area contributed by atoms with Crippen molar-refractivity contribution in [3.63, 3.8) is 0 Å². The molecule has 20 heavy (non-hydrogen) atoms. The standard InChI is InChI=1S/C15H26N2O3/c1-3-15(4-2)7-9-16(11-15)14(20)17-8-5-6-12(17)10-13(18)19/h12H,3-11H2,1-2H3,(H,18,19). The summed E-state index contributed by atoms with van der Waals surface area (Å²) in [6, 6.07) is -0.0595. The Hall–Kier alpha value is -1.26. The average molecular weight is 282 g/mol. The molecule has 114 valence electrons. The Morgan fingerprint density at radius 1 is 1.25 bits per heavy atom. The van der Waals surface area contributed by atoms with Gasteiger partial charge in [-0.3, -0.25) is 4.79 Å². The molecular weight excluding hydrogens is 256 g/mol. The minimum absolute atomic E-state index is 0.0533. The highest BCUT2D eigenvalue weighted by Gasteiger charge is 2.40. The van der Waals surface area contributed by atoms with Gasteiger partial charge in [-0.1, -0.05) is 13.8 Å². The summed E-state index contributed by atoms with van der Waals surface area (Å²) in [4.78, 5) is 27.2. The molecule has 2 fully saturated rings. The predicted octanol–water partition coefficient (Wildman–Crippen LogP) is 2.56. The minimum Gasteiger partial charge on any atom is -0.481 e. The summed E-state index contributed by atoms with van der Waals surface area (Å²) in [5.74, 6) is -0.812. The molecular formula is C15H26N2O3. The van der Waals surface area contributed by atoms with E-state index in [2.05, 4.69) is 13.8 Å². The summed E-state index contributed by atoms with van der Waals surface area (Å²) in [5, 5.41) is 8.95. The summed E-state index contributed by atoms with van der Waals surface area (Å²) in [6.45, 7) is 6.74. The molecule has 5 heteroatoms. The van der Waals surface area contributed by atoms with Crippen LogP contribution in [0.4, 0.5) is 4.79 Å². The first-order valence-corrected chi connectivity index (χ1v) is 7.78. The molecule has 2 saturated heterocycles. The molecule has 0 aromatic heterocycles. The number of urea groups is 1. The number of carboxylic acid groups (broad SMARTS) is 1. The number of carboxylic acids is 1. The van der Waals surface area contributed by atoms with Crippen LogP contribution in [0.3, 0.4) is 0 Å². The summed E-state index contributed by atoms with van der Waals surface area (Å²) >= 11 is 0. The Balaban J connectivity index is 1.99. The van der Waals surface area contributed by atoms with E-state index in [-0.39, 0.29) is 23.9 Å². The number of rotatable bonds is 4. The van der Waals surface area contributed by atoms with Gasteiger partial charge in [0, 0.05) is 25.7 Å². The second-order valence-corrected chi connectivity index (χ2v) is 6.25. The Morgan fingerprint density at radius 2 is 1.95 bits per heavy atom. The summed E-state index contributed by atoms with van der Waals surface area (Å²) in [6.07, 6.45) is 5.09. The third-order valence-corrected chi connectivity index (χ3v) is 5.24. The SMILES string of the molecule is CCC1(CC)CCN(C(=O)N2CCCC2CC(=O)O)C1. The second kappa shape index (κ2) is 6.02. The van der Waals surface area contributed by atoms with Crippen LogP contribution in [0.1, 0.15) is 52.4 Å². The summed E-state index contributed by atoms with van der Waals surface area (Å²) in [5.41, 5.74) is 0.275. The van der Waals surface area contributed by atoms with Crippen LogP contribution in [0, 0.1) is 5.41 Å². The lowest BCUT2D eigenvalue weighted by atomic mass is 9.82. The van der Waals surface area contributed by atoms with Gasteiger partial charge >= 0.3 is 12.0 Å². The molecule has 5 nitrogen and oxygen atoms in total. The lowest BCUT2D eigenvalue weighted by Crippen LogP contribution is -2.45. The highest BCUT2D eigenvalue weighted by Crippen LogP contribution is 2.38. The van der Waals surface area contributed by atoms with Gasteiger partial charge in [-0.2, -0.15) is 0 Å². The fourth-order valence-corrected chi connectivity index (χ4v) is 3.61. The molecule has 0 bridgehead atoms.